The second-order valence-corrected chi connectivity index (χ2v) is 5.01. The Labute approximate surface area is 120 Å². The number of ether oxygens (including phenoxy) is 1. The molecular formula is C16H23FN2O. The molecule has 1 N–H and O–H groups in total. The molecule has 1 saturated heterocycles. The first-order chi connectivity index (χ1) is 9.81. The zero-order valence-electron chi connectivity index (χ0n) is 11.9. The first-order valence-corrected chi connectivity index (χ1v) is 7.20. The highest BCUT2D eigenvalue weighted by Gasteiger charge is 2.15. The highest BCUT2D eigenvalue weighted by molar-refractivity contribution is 5.21. The van der Waals surface area contributed by atoms with Crippen LogP contribution in [0.25, 0.3) is 0 Å². The van der Waals surface area contributed by atoms with Gasteiger partial charge in [0.15, 0.2) is 0 Å². The molecule has 0 amide bonds. The van der Waals surface area contributed by atoms with Crippen LogP contribution in [0.5, 0.6) is 0 Å². The van der Waals surface area contributed by atoms with Gasteiger partial charge in [0.25, 0.3) is 0 Å². The highest BCUT2D eigenvalue weighted by Crippen LogP contribution is 2.20. The summed E-state index contributed by atoms with van der Waals surface area (Å²) in [6.07, 6.45) is 2.56. The minimum Gasteiger partial charge on any atom is -0.379 e. The fourth-order valence-corrected chi connectivity index (χ4v) is 2.47. The van der Waals surface area contributed by atoms with Crippen molar-refractivity contribution in [1.82, 2.24) is 10.2 Å². The van der Waals surface area contributed by atoms with Gasteiger partial charge >= 0.3 is 0 Å². The van der Waals surface area contributed by atoms with Crippen molar-refractivity contribution in [2.24, 2.45) is 0 Å². The molecule has 0 aromatic heterocycles. The molecule has 0 bridgehead atoms. The van der Waals surface area contributed by atoms with Gasteiger partial charge in [-0.3, -0.25) is 4.90 Å². The molecule has 1 aromatic rings. The molecule has 20 heavy (non-hydrogen) atoms. The van der Waals surface area contributed by atoms with Gasteiger partial charge in [-0.25, -0.2) is 4.39 Å². The van der Waals surface area contributed by atoms with E-state index in [4.69, 9.17) is 4.74 Å². The number of morpholine rings is 1. The zero-order valence-corrected chi connectivity index (χ0v) is 11.9. The predicted molar refractivity (Wildman–Crippen MR) is 79.2 cm³/mol. The standard InChI is InChI=1S/C16H23FN2O/c1-2-5-16(14-6-3-4-7-15(14)17)18-8-9-19-10-12-20-13-11-19/h2-4,6-7,16,18H,1,5,8-13H2/t16-/m1/s1. The van der Waals surface area contributed by atoms with Crippen LogP contribution in [-0.2, 0) is 4.74 Å². The van der Waals surface area contributed by atoms with Gasteiger partial charge in [-0.05, 0) is 12.5 Å². The molecule has 1 fully saturated rings. The van der Waals surface area contributed by atoms with E-state index >= 15 is 0 Å². The van der Waals surface area contributed by atoms with Crippen LogP contribution in [0.1, 0.15) is 18.0 Å². The van der Waals surface area contributed by atoms with Gasteiger partial charge in [0.05, 0.1) is 13.2 Å². The first kappa shape index (κ1) is 15.2. The maximum atomic E-state index is 13.8. The quantitative estimate of drug-likeness (QED) is 0.775. The van der Waals surface area contributed by atoms with E-state index in [9.17, 15) is 4.39 Å². The smallest absolute Gasteiger partial charge is 0.127 e. The van der Waals surface area contributed by atoms with Crippen molar-refractivity contribution in [2.45, 2.75) is 12.5 Å². The number of benzene rings is 1. The molecule has 1 aromatic carbocycles. The normalized spacial score (nSPS) is 17.9. The molecule has 0 unspecified atom stereocenters. The summed E-state index contributed by atoms with van der Waals surface area (Å²) in [7, 11) is 0. The molecule has 0 aliphatic carbocycles. The number of halogens is 1. The second kappa shape index (κ2) is 8.15. The van der Waals surface area contributed by atoms with Crippen molar-refractivity contribution in [3.8, 4) is 0 Å². The highest BCUT2D eigenvalue weighted by atomic mass is 19.1. The average Bonchev–Trinajstić information content (AvgIpc) is 2.48. The number of hydrogen-bond donors (Lipinski definition) is 1. The van der Waals surface area contributed by atoms with E-state index in [1.165, 1.54) is 6.07 Å². The monoisotopic (exact) mass is 278 g/mol. The summed E-state index contributed by atoms with van der Waals surface area (Å²) in [5.74, 6) is -0.154. The van der Waals surface area contributed by atoms with Crippen LogP contribution in [0.4, 0.5) is 4.39 Å². The van der Waals surface area contributed by atoms with Crippen molar-refractivity contribution < 1.29 is 9.13 Å². The molecule has 2 rings (SSSR count). The molecule has 1 atom stereocenters. The fraction of sp³-hybridized carbons (Fsp3) is 0.500. The van der Waals surface area contributed by atoms with E-state index in [0.29, 0.717) is 0 Å². The second-order valence-electron chi connectivity index (χ2n) is 5.01. The Morgan fingerprint density at radius 3 is 2.80 bits per heavy atom. The average molecular weight is 278 g/mol. The summed E-state index contributed by atoms with van der Waals surface area (Å²) >= 11 is 0. The Hall–Kier alpha value is -1.23. The van der Waals surface area contributed by atoms with E-state index < -0.39 is 0 Å². The Bertz CT molecular complexity index is 419. The Morgan fingerprint density at radius 1 is 1.35 bits per heavy atom. The minimum atomic E-state index is -0.154. The first-order valence-electron chi connectivity index (χ1n) is 7.20. The third-order valence-electron chi connectivity index (χ3n) is 3.61. The van der Waals surface area contributed by atoms with Gasteiger partial charge in [0, 0.05) is 37.8 Å². The summed E-state index contributed by atoms with van der Waals surface area (Å²) in [4.78, 5) is 2.36. The number of nitrogens with zero attached hydrogens (tertiary/aromatic N) is 1. The number of hydrogen-bond acceptors (Lipinski definition) is 3. The van der Waals surface area contributed by atoms with E-state index in [1.807, 2.05) is 18.2 Å². The lowest BCUT2D eigenvalue weighted by Crippen LogP contribution is -2.40. The molecule has 1 aliphatic rings. The molecule has 3 nitrogen and oxygen atoms in total. The molecule has 0 spiro atoms. The van der Waals surface area contributed by atoms with Crippen molar-refractivity contribution in [3.05, 3.63) is 48.3 Å². The summed E-state index contributed by atoms with van der Waals surface area (Å²) in [5, 5.41) is 3.43. The van der Waals surface area contributed by atoms with Crippen LogP contribution in [0.15, 0.2) is 36.9 Å². The SMILES string of the molecule is C=CC[C@@H](NCCN1CCOCC1)c1ccccc1F. The number of nitrogens with one attached hydrogen (secondary N) is 1. The lowest BCUT2D eigenvalue weighted by Gasteiger charge is -2.27. The van der Waals surface area contributed by atoms with E-state index in [2.05, 4.69) is 16.8 Å². The molecule has 1 heterocycles. The third kappa shape index (κ3) is 4.40. The van der Waals surface area contributed by atoms with Gasteiger partial charge < -0.3 is 10.1 Å². The summed E-state index contributed by atoms with van der Waals surface area (Å²) in [6.45, 7) is 9.15. The van der Waals surface area contributed by atoms with Crippen molar-refractivity contribution in [1.29, 1.82) is 0 Å². The maximum absolute atomic E-state index is 13.8. The number of rotatable bonds is 7. The van der Waals surface area contributed by atoms with E-state index in [1.54, 1.807) is 6.07 Å². The largest absolute Gasteiger partial charge is 0.379 e. The van der Waals surface area contributed by atoms with Crippen molar-refractivity contribution >= 4 is 0 Å². The molecule has 4 heteroatoms. The molecule has 1 aliphatic heterocycles. The van der Waals surface area contributed by atoms with Crippen LogP contribution < -0.4 is 5.32 Å². The van der Waals surface area contributed by atoms with E-state index in [0.717, 1.165) is 51.4 Å². The Morgan fingerprint density at radius 2 is 2.10 bits per heavy atom. The third-order valence-corrected chi connectivity index (χ3v) is 3.61. The maximum Gasteiger partial charge on any atom is 0.127 e. The zero-order chi connectivity index (χ0) is 14.2. The van der Waals surface area contributed by atoms with Crippen LogP contribution >= 0.6 is 0 Å². The summed E-state index contributed by atoms with van der Waals surface area (Å²) < 4.78 is 19.2. The minimum absolute atomic E-state index is 0.00487. The topological polar surface area (TPSA) is 24.5 Å². The van der Waals surface area contributed by atoms with Gasteiger partial charge in [0.1, 0.15) is 5.82 Å². The lowest BCUT2D eigenvalue weighted by atomic mass is 10.0. The summed E-state index contributed by atoms with van der Waals surface area (Å²) in [5.41, 5.74) is 0.717. The van der Waals surface area contributed by atoms with Gasteiger partial charge in [-0.15, -0.1) is 6.58 Å². The van der Waals surface area contributed by atoms with Crippen molar-refractivity contribution in [3.63, 3.8) is 0 Å². The van der Waals surface area contributed by atoms with Gasteiger partial charge in [0.2, 0.25) is 0 Å². The van der Waals surface area contributed by atoms with Gasteiger partial charge in [-0.2, -0.15) is 0 Å². The molecule has 0 radical (unpaired) electrons. The Balaban J connectivity index is 1.86. The van der Waals surface area contributed by atoms with Crippen molar-refractivity contribution in [2.75, 3.05) is 39.4 Å². The summed E-state index contributed by atoms with van der Waals surface area (Å²) in [6, 6.07) is 6.94. The molecule has 110 valence electrons. The predicted octanol–water partition coefficient (Wildman–Crippen LogP) is 2.36. The Kier molecular flexibility index (Phi) is 6.18. The van der Waals surface area contributed by atoms with Crippen LogP contribution in [0.3, 0.4) is 0 Å². The van der Waals surface area contributed by atoms with Crippen LogP contribution in [0, 0.1) is 5.82 Å². The van der Waals surface area contributed by atoms with E-state index in [-0.39, 0.29) is 11.9 Å². The molecule has 0 saturated carbocycles. The van der Waals surface area contributed by atoms with Crippen LogP contribution in [-0.4, -0.2) is 44.3 Å². The lowest BCUT2D eigenvalue weighted by molar-refractivity contribution is 0.0381. The molecular weight excluding hydrogens is 255 g/mol. The van der Waals surface area contributed by atoms with Gasteiger partial charge in [-0.1, -0.05) is 24.3 Å². The van der Waals surface area contributed by atoms with Crippen LogP contribution in [0.2, 0.25) is 0 Å². The fourth-order valence-electron chi connectivity index (χ4n) is 2.47.